The topological polar surface area (TPSA) is 150 Å². The number of aliphatic hydroxyl groups excluding tert-OH is 1. The van der Waals surface area contributed by atoms with Gasteiger partial charge in [0, 0.05) is 30.7 Å². The summed E-state index contributed by atoms with van der Waals surface area (Å²) < 4.78 is 44.5. The molecule has 2 aromatic carbocycles. The number of aliphatic hydroxyl groups is 1. The zero-order chi connectivity index (χ0) is 28.5. The van der Waals surface area contributed by atoms with E-state index in [2.05, 4.69) is 20.9 Å². The normalized spacial score (nSPS) is 11.3. The second-order valence-corrected chi connectivity index (χ2v) is 7.78. The molecule has 0 saturated heterocycles. The van der Waals surface area contributed by atoms with Gasteiger partial charge in [0.05, 0.1) is 10.6 Å². The number of rotatable bonds is 6. The van der Waals surface area contributed by atoms with Gasteiger partial charge in [0.2, 0.25) is 0 Å². The molecule has 1 atom stereocenters. The Kier molecular flexibility index (Phi) is 10.4. The zero-order valence-corrected chi connectivity index (χ0v) is 20.6. The summed E-state index contributed by atoms with van der Waals surface area (Å²) in [6.45, 7) is 1.20. The highest BCUT2D eigenvalue weighted by Gasteiger charge is 2.33. The second kappa shape index (κ2) is 13.3. The highest BCUT2D eigenvalue weighted by molar-refractivity contribution is 6.31. The predicted octanol–water partition coefficient (Wildman–Crippen LogP) is 5.00. The van der Waals surface area contributed by atoms with Gasteiger partial charge >= 0.3 is 18.2 Å². The fourth-order valence-electron chi connectivity index (χ4n) is 2.58. The summed E-state index contributed by atoms with van der Waals surface area (Å²) in [6, 6.07) is 11.6. The molecule has 3 aromatic rings. The van der Waals surface area contributed by atoms with Crippen LogP contribution in [0.2, 0.25) is 5.02 Å². The lowest BCUT2D eigenvalue weighted by Crippen LogP contribution is -2.19. The molecule has 202 valence electrons. The molecule has 0 spiro atoms. The number of urea groups is 1. The van der Waals surface area contributed by atoms with Crippen LogP contribution in [0.3, 0.4) is 0 Å². The van der Waals surface area contributed by atoms with E-state index in [9.17, 15) is 27.6 Å². The van der Waals surface area contributed by atoms with Crippen LogP contribution >= 0.6 is 11.6 Å². The van der Waals surface area contributed by atoms with E-state index in [1.807, 2.05) is 0 Å². The molecule has 0 fully saturated rings. The van der Waals surface area contributed by atoms with Crippen LogP contribution in [-0.2, 0) is 11.0 Å². The molecule has 0 bridgehead atoms. The van der Waals surface area contributed by atoms with Crippen LogP contribution in [0.5, 0.6) is 11.5 Å². The lowest BCUT2D eigenvalue weighted by molar-refractivity contribution is -0.145. The van der Waals surface area contributed by atoms with Gasteiger partial charge in [-0.15, -0.1) is 0 Å². The largest absolute Gasteiger partial charge is 0.479 e. The number of carboxylic acid groups (broad SMARTS) is 1. The van der Waals surface area contributed by atoms with E-state index in [0.29, 0.717) is 17.2 Å². The Morgan fingerprint density at radius 1 is 0.974 bits per heavy atom. The maximum Gasteiger partial charge on any atom is 0.417 e. The number of halogens is 4. The van der Waals surface area contributed by atoms with Crippen molar-refractivity contribution in [1.29, 1.82) is 0 Å². The monoisotopic (exact) mass is 554 g/mol. The molecule has 3 rings (SSSR count). The van der Waals surface area contributed by atoms with Gasteiger partial charge in [-0.05, 0) is 55.5 Å². The van der Waals surface area contributed by atoms with Gasteiger partial charge in [-0.1, -0.05) is 11.6 Å². The van der Waals surface area contributed by atoms with E-state index in [0.717, 1.165) is 12.1 Å². The molecule has 0 aliphatic rings. The minimum atomic E-state index is -4.64. The quantitative estimate of drug-likeness (QED) is 0.288. The summed E-state index contributed by atoms with van der Waals surface area (Å²) in [5, 5.41) is 22.6. The summed E-state index contributed by atoms with van der Waals surface area (Å²) >= 11 is 5.57. The molecule has 1 heterocycles. The first-order valence-corrected chi connectivity index (χ1v) is 11.0. The summed E-state index contributed by atoms with van der Waals surface area (Å²) in [5.41, 5.74) is -0.547. The Labute approximate surface area is 219 Å². The van der Waals surface area contributed by atoms with Crippen LogP contribution in [0, 0.1) is 0 Å². The second-order valence-electron chi connectivity index (χ2n) is 7.37. The van der Waals surface area contributed by atoms with Crippen LogP contribution in [0.4, 0.5) is 29.3 Å². The van der Waals surface area contributed by atoms with Gasteiger partial charge in [-0.3, -0.25) is 9.78 Å². The van der Waals surface area contributed by atoms with Crippen LogP contribution in [0.25, 0.3) is 0 Å². The lowest BCUT2D eigenvalue weighted by Gasteiger charge is -2.12. The van der Waals surface area contributed by atoms with E-state index < -0.39 is 34.9 Å². The fourth-order valence-corrected chi connectivity index (χ4v) is 2.81. The Morgan fingerprint density at radius 3 is 2.11 bits per heavy atom. The molecule has 0 saturated carbocycles. The predicted molar refractivity (Wildman–Crippen MR) is 133 cm³/mol. The van der Waals surface area contributed by atoms with Gasteiger partial charge in [0.15, 0.2) is 0 Å². The number of carbonyl (C=O) groups is 3. The number of hydrogen-bond acceptors (Lipinski definition) is 6. The van der Waals surface area contributed by atoms with Crippen molar-refractivity contribution in [1.82, 2.24) is 10.3 Å². The maximum absolute atomic E-state index is 12.9. The summed E-state index contributed by atoms with van der Waals surface area (Å²) in [5.74, 6) is -0.725. The van der Waals surface area contributed by atoms with Gasteiger partial charge in [0.1, 0.15) is 23.3 Å². The van der Waals surface area contributed by atoms with Crippen LogP contribution in [-0.4, -0.2) is 46.3 Å². The molecule has 38 heavy (non-hydrogen) atoms. The molecule has 10 nitrogen and oxygen atoms in total. The SMILES string of the molecule is CC(O)C(=O)O.CNC(=O)c1cc(Oc2ccc(NC(=O)Nc3ccc(Cl)c(C(F)(F)F)c3)cc2)ccn1. The number of anilines is 2. The number of benzene rings is 2. The number of carbonyl (C=O) groups excluding carboxylic acids is 2. The Morgan fingerprint density at radius 2 is 1.55 bits per heavy atom. The van der Waals surface area contributed by atoms with Crippen molar-refractivity contribution >= 4 is 40.9 Å². The van der Waals surface area contributed by atoms with E-state index in [1.54, 1.807) is 30.3 Å². The third-order valence-electron chi connectivity index (χ3n) is 4.43. The molecule has 5 N–H and O–H groups in total. The first-order valence-electron chi connectivity index (χ1n) is 10.6. The van der Waals surface area contributed by atoms with Gasteiger partial charge in [-0.25, -0.2) is 9.59 Å². The highest BCUT2D eigenvalue weighted by Crippen LogP contribution is 2.36. The number of nitrogens with one attached hydrogen (secondary N) is 3. The van der Waals surface area contributed by atoms with E-state index in [1.165, 1.54) is 32.3 Å². The van der Waals surface area contributed by atoms with E-state index >= 15 is 0 Å². The number of carboxylic acids is 1. The average molecular weight is 555 g/mol. The molecular formula is C24H22ClF3N4O6. The van der Waals surface area contributed by atoms with Crippen molar-refractivity contribution in [3.63, 3.8) is 0 Å². The van der Waals surface area contributed by atoms with Crippen molar-refractivity contribution in [3.05, 3.63) is 77.1 Å². The first kappa shape index (κ1) is 29.9. The highest BCUT2D eigenvalue weighted by atomic mass is 35.5. The minimum Gasteiger partial charge on any atom is -0.479 e. The third-order valence-corrected chi connectivity index (χ3v) is 4.76. The average Bonchev–Trinajstić information content (AvgIpc) is 2.85. The summed E-state index contributed by atoms with van der Waals surface area (Å²) in [7, 11) is 1.49. The van der Waals surface area contributed by atoms with Crippen molar-refractivity contribution < 1.29 is 42.5 Å². The van der Waals surface area contributed by atoms with E-state index in [4.69, 9.17) is 26.6 Å². The van der Waals surface area contributed by atoms with Crippen molar-refractivity contribution in [2.45, 2.75) is 19.2 Å². The zero-order valence-electron chi connectivity index (χ0n) is 19.8. The number of pyridine rings is 1. The smallest absolute Gasteiger partial charge is 0.417 e. The van der Waals surface area contributed by atoms with Crippen LogP contribution in [0.15, 0.2) is 60.8 Å². The Bertz CT molecular complexity index is 1290. The molecule has 0 radical (unpaired) electrons. The molecule has 0 aliphatic heterocycles. The maximum atomic E-state index is 12.9. The number of aromatic nitrogens is 1. The van der Waals surface area contributed by atoms with Crippen LogP contribution < -0.4 is 20.7 Å². The molecule has 3 amide bonds. The van der Waals surface area contributed by atoms with Gasteiger partial charge < -0.3 is 30.9 Å². The van der Waals surface area contributed by atoms with Crippen molar-refractivity contribution in [2.75, 3.05) is 17.7 Å². The molecular weight excluding hydrogens is 533 g/mol. The number of amides is 3. The lowest BCUT2D eigenvalue weighted by atomic mass is 10.2. The summed E-state index contributed by atoms with van der Waals surface area (Å²) in [4.78, 5) is 37.2. The first-order chi connectivity index (χ1) is 17.8. The third kappa shape index (κ3) is 9.26. The molecule has 14 heteroatoms. The minimum absolute atomic E-state index is 0.0659. The standard InChI is InChI=1S/C21H16ClF3N4O3.C3H6O3/c1-26-19(30)18-11-15(8-9-27-18)32-14-5-2-12(3-6-14)28-20(31)29-13-4-7-17(22)16(10-13)21(23,24)25;1-2(4)3(5)6/h2-11H,1H3,(H,26,30)(H2,28,29,31);2,4H,1H3,(H,5,6). The van der Waals surface area contributed by atoms with Crippen LogP contribution in [0.1, 0.15) is 23.0 Å². The Balaban J connectivity index is 0.000000757. The van der Waals surface area contributed by atoms with Crippen molar-refractivity contribution in [3.8, 4) is 11.5 Å². The number of hydrogen-bond donors (Lipinski definition) is 5. The fraction of sp³-hybridized carbons (Fsp3) is 0.167. The van der Waals surface area contributed by atoms with Gasteiger partial charge in [0.25, 0.3) is 5.91 Å². The van der Waals surface area contributed by atoms with E-state index in [-0.39, 0.29) is 17.3 Å². The number of aliphatic carboxylic acids is 1. The Hall–Kier alpha value is -4.36. The number of nitrogens with zero attached hydrogens (tertiary/aromatic N) is 1. The molecule has 0 aliphatic carbocycles. The summed E-state index contributed by atoms with van der Waals surface area (Å²) in [6.07, 6.45) is -4.44. The number of ether oxygens (including phenoxy) is 1. The molecule has 1 unspecified atom stereocenters. The van der Waals surface area contributed by atoms with Crippen molar-refractivity contribution in [2.24, 2.45) is 0 Å². The van der Waals surface area contributed by atoms with Gasteiger partial charge in [-0.2, -0.15) is 13.2 Å². The molecule has 1 aromatic heterocycles. The number of alkyl halides is 3.